The lowest BCUT2D eigenvalue weighted by atomic mass is 9.85. The molecule has 0 saturated heterocycles. The van der Waals surface area contributed by atoms with Crippen molar-refractivity contribution in [1.82, 2.24) is 0 Å². The van der Waals surface area contributed by atoms with Crippen LogP contribution in [0.5, 0.6) is 0 Å². The van der Waals surface area contributed by atoms with E-state index in [1.807, 2.05) is 6.92 Å². The molecule has 1 aliphatic rings. The van der Waals surface area contributed by atoms with Crippen LogP contribution in [0.15, 0.2) is 36.4 Å². The van der Waals surface area contributed by atoms with Gasteiger partial charge in [0.15, 0.2) is 0 Å². The molecule has 8 heteroatoms. The van der Waals surface area contributed by atoms with E-state index in [4.69, 9.17) is 11.6 Å². The van der Waals surface area contributed by atoms with Crippen LogP contribution in [0.2, 0.25) is 5.02 Å². The minimum atomic E-state index is -0.834. The van der Waals surface area contributed by atoms with E-state index in [-0.39, 0.29) is 17.3 Å². The first-order chi connectivity index (χ1) is 13.2. The summed E-state index contributed by atoms with van der Waals surface area (Å²) in [6.07, 6.45) is 0.726. The standard InChI is InChI=1S/C20H20ClN3O4/c1-4-9-23-16-11-17(24(27)28)15(10-14(16)20(2,3)19(23)26)22-18(25)12-5-7-13(21)8-6-12/h5-8,10-11H,4,9H2,1-3H3,(H,22,25). The number of nitrogens with zero attached hydrogens (tertiary/aromatic N) is 2. The Bertz CT molecular complexity index is 970. The Balaban J connectivity index is 2.06. The van der Waals surface area contributed by atoms with Gasteiger partial charge in [0.2, 0.25) is 5.91 Å². The number of hydrogen-bond acceptors (Lipinski definition) is 4. The van der Waals surface area contributed by atoms with Crippen LogP contribution in [0, 0.1) is 10.1 Å². The SMILES string of the molecule is CCCN1C(=O)C(C)(C)c2cc(NC(=O)c3ccc(Cl)cc3)c([N+](=O)[O-])cc21. The molecule has 0 fully saturated rings. The van der Waals surface area contributed by atoms with Crippen LogP contribution in [-0.4, -0.2) is 23.3 Å². The Morgan fingerprint density at radius 3 is 2.46 bits per heavy atom. The molecule has 0 aromatic heterocycles. The molecule has 1 heterocycles. The molecular formula is C20H20ClN3O4. The highest BCUT2D eigenvalue weighted by Gasteiger charge is 2.45. The van der Waals surface area contributed by atoms with E-state index in [9.17, 15) is 19.7 Å². The maximum atomic E-state index is 12.8. The summed E-state index contributed by atoms with van der Waals surface area (Å²) in [5.74, 6) is -0.605. The largest absolute Gasteiger partial charge is 0.316 e. The highest BCUT2D eigenvalue weighted by molar-refractivity contribution is 6.30. The number of benzene rings is 2. The number of carbonyl (C=O) groups excluding carboxylic acids is 2. The second-order valence-electron chi connectivity index (χ2n) is 7.19. The molecule has 1 aliphatic heterocycles. The molecule has 0 bridgehead atoms. The van der Waals surface area contributed by atoms with Crippen molar-refractivity contribution in [3.05, 3.63) is 62.7 Å². The maximum Gasteiger partial charge on any atom is 0.294 e. The average Bonchev–Trinajstić information content (AvgIpc) is 2.82. The van der Waals surface area contributed by atoms with E-state index in [0.29, 0.717) is 28.4 Å². The predicted molar refractivity (Wildman–Crippen MR) is 108 cm³/mol. The van der Waals surface area contributed by atoms with Crippen LogP contribution >= 0.6 is 11.6 Å². The third-order valence-corrected chi connectivity index (χ3v) is 5.11. The van der Waals surface area contributed by atoms with Crippen LogP contribution in [0.4, 0.5) is 17.1 Å². The normalized spacial score (nSPS) is 14.7. The van der Waals surface area contributed by atoms with Crippen LogP contribution in [0.25, 0.3) is 0 Å². The van der Waals surface area contributed by atoms with Crippen molar-refractivity contribution in [3.8, 4) is 0 Å². The molecule has 2 aromatic carbocycles. The third kappa shape index (κ3) is 3.33. The molecule has 7 nitrogen and oxygen atoms in total. The fourth-order valence-electron chi connectivity index (χ4n) is 3.36. The molecule has 0 saturated carbocycles. The van der Waals surface area contributed by atoms with Crippen LogP contribution in [0.3, 0.4) is 0 Å². The summed E-state index contributed by atoms with van der Waals surface area (Å²) in [6, 6.07) is 9.11. The molecular weight excluding hydrogens is 382 g/mol. The second kappa shape index (κ2) is 7.24. The molecule has 0 unspecified atom stereocenters. The zero-order valence-corrected chi connectivity index (χ0v) is 16.5. The van der Waals surface area contributed by atoms with Gasteiger partial charge in [-0.15, -0.1) is 0 Å². The van der Waals surface area contributed by atoms with Gasteiger partial charge >= 0.3 is 0 Å². The average molecular weight is 402 g/mol. The lowest BCUT2D eigenvalue weighted by molar-refractivity contribution is -0.383. The lowest BCUT2D eigenvalue weighted by Gasteiger charge is -2.19. The number of carbonyl (C=O) groups is 2. The molecule has 1 N–H and O–H groups in total. The van der Waals surface area contributed by atoms with Gasteiger partial charge in [-0.1, -0.05) is 18.5 Å². The Kier molecular flexibility index (Phi) is 5.12. The van der Waals surface area contributed by atoms with E-state index >= 15 is 0 Å². The second-order valence-corrected chi connectivity index (χ2v) is 7.62. The van der Waals surface area contributed by atoms with Crippen molar-refractivity contribution in [2.24, 2.45) is 0 Å². The Morgan fingerprint density at radius 1 is 1.25 bits per heavy atom. The topological polar surface area (TPSA) is 92.6 Å². The van der Waals surface area contributed by atoms with Crippen LogP contribution in [-0.2, 0) is 10.2 Å². The van der Waals surface area contributed by atoms with Crippen molar-refractivity contribution in [3.63, 3.8) is 0 Å². The van der Waals surface area contributed by atoms with Crippen LogP contribution < -0.4 is 10.2 Å². The van der Waals surface area contributed by atoms with E-state index in [0.717, 1.165) is 6.42 Å². The van der Waals surface area contributed by atoms with Crippen molar-refractivity contribution in [1.29, 1.82) is 0 Å². The summed E-state index contributed by atoms with van der Waals surface area (Å²) in [4.78, 5) is 38.0. The molecule has 0 spiro atoms. The van der Waals surface area contributed by atoms with Gasteiger partial charge in [0.1, 0.15) is 5.69 Å². The van der Waals surface area contributed by atoms with Gasteiger partial charge in [-0.25, -0.2) is 0 Å². The zero-order chi connectivity index (χ0) is 20.6. The van der Waals surface area contributed by atoms with Crippen molar-refractivity contribution in [2.75, 3.05) is 16.8 Å². The molecule has 3 rings (SSSR count). The number of nitro groups is 1. The molecule has 2 aromatic rings. The summed E-state index contributed by atoms with van der Waals surface area (Å²) in [6.45, 7) is 5.97. The Morgan fingerprint density at radius 2 is 1.89 bits per heavy atom. The van der Waals surface area contributed by atoms with Gasteiger partial charge in [-0.05, 0) is 56.2 Å². The number of rotatable bonds is 5. The fraction of sp³-hybridized carbons (Fsp3) is 0.300. The van der Waals surface area contributed by atoms with Gasteiger partial charge < -0.3 is 10.2 Å². The smallest absolute Gasteiger partial charge is 0.294 e. The van der Waals surface area contributed by atoms with E-state index in [1.54, 1.807) is 30.9 Å². The van der Waals surface area contributed by atoms with Crippen molar-refractivity contribution < 1.29 is 14.5 Å². The minimum Gasteiger partial charge on any atom is -0.316 e. The molecule has 0 aliphatic carbocycles. The molecule has 0 atom stereocenters. The summed E-state index contributed by atoms with van der Waals surface area (Å²) in [5.41, 5.74) is 0.466. The summed E-state index contributed by atoms with van der Waals surface area (Å²) >= 11 is 5.83. The number of amides is 2. The van der Waals surface area contributed by atoms with E-state index < -0.39 is 16.2 Å². The van der Waals surface area contributed by atoms with Crippen LogP contribution in [0.1, 0.15) is 43.1 Å². The van der Waals surface area contributed by atoms with E-state index in [2.05, 4.69) is 5.32 Å². The number of hydrogen-bond donors (Lipinski definition) is 1. The summed E-state index contributed by atoms with van der Waals surface area (Å²) < 4.78 is 0. The highest BCUT2D eigenvalue weighted by atomic mass is 35.5. The number of halogens is 1. The Hall–Kier alpha value is -2.93. The molecule has 146 valence electrons. The first-order valence-corrected chi connectivity index (χ1v) is 9.26. The molecule has 28 heavy (non-hydrogen) atoms. The first-order valence-electron chi connectivity index (χ1n) is 8.88. The zero-order valence-electron chi connectivity index (χ0n) is 15.8. The Labute approximate surface area is 167 Å². The quantitative estimate of drug-likeness (QED) is 0.588. The van der Waals surface area contributed by atoms with Gasteiger partial charge in [0, 0.05) is 23.2 Å². The number of nitrogens with one attached hydrogen (secondary N) is 1. The van der Waals surface area contributed by atoms with Gasteiger partial charge in [-0.3, -0.25) is 19.7 Å². The van der Waals surface area contributed by atoms with E-state index in [1.165, 1.54) is 24.3 Å². The number of anilines is 2. The highest BCUT2D eigenvalue weighted by Crippen LogP contribution is 2.46. The van der Waals surface area contributed by atoms with Crippen molar-refractivity contribution in [2.45, 2.75) is 32.6 Å². The molecule has 2 amide bonds. The van der Waals surface area contributed by atoms with Gasteiger partial charge in [-0.2, -0.15) is 0 Å². The maximum absolute atomic E-state index is 12.8. The minimum absolute atomic E-state index is 0.0583. The monoisotopic (exact) mass is 401 g/mol. The summed E-state index contributed by atoms with van der Waals surface area (Å²) in [5, 5.41) is 14.7. The third-order valence-electron chi connectivity index (χ3n) is 4.86. The fourth-order valence-corrected chi connectivity index (χ4v) is 3.48. The predicted octanol–water partition coefficient (Wildman–Crippen LogP) is 4.53. The lowest BCUT2D eigenvalue weighted by Crippen LogP contribution is -2.36. The first kappa shape index (κ1) is 19.8. The van der Waals surface area contributed by atoms with Crippen molar-refractivity contribution >= 4 is 40.5 Å². The molecule has 0 radical (unpaired) electrons. The number of fused-ring (bicyclic) bond motifs is 1. The van der Waals surface area contributed by atoms with Gasteiger partial charge in [0.05, 0.1) is 16.0 Å². The summed E-state index contributed by atoms with van der Waals surface area (Å²) in [7, 11) is 0. The van der Waals surface area contributed by atoms with Gasteiger partial charge in [0.25, 0.3) is 11.6 Å². The number of nitro benzene ring substituents is 1.